The number of benzene rings is 1. The fourth-order valence-corrected chi connectivity index (χ4v) is 3.04. The van der Waals surface area contributed by atoms with Gasteiger partial charge in [-0.15, -0.1) is 0 Å². The minimum absolute atomic E-state index is 0.172. The number of hydrogen-bond acceptors (Lipinski definition) is 4. The quantitative estimate of drug-likeness (QED) is 0.285. The maximum Gasteiger partial charge on any atom is 0.273 e. The minimum Gasteiger partial charge on any atom is -0.258 e. The molecule has 1 aromatic heterocycles. The molecule has 1 aromatic carbocycles. The Hall–Kier alpha value is -2.30. The van der Waals surface area contributed by atoms with E-state index in [-0.39, 0.29) is 10.6 Å². The topological polar surface area (TPSA) is 68.9 Å². The number of aromatic nitrogens is 2. The second kappa shape index (κ2) is 10.6. The summed E-state index contributed by atoms with van der Waals surface area (Å²) in [5.41, 5.74) is 2.79. The first-order valence-electron chi connectivity index (χ1n) is 9.74. The molecule has 5 nitrogen and oxygen atoms in total. The number of unbranched alkanes of at least 4 members (excludes halogenated alkanes) is 5. The zero-order chi connectivity index (χ0) is 18.8. The Morgan fingerprint density at radius 1 is 0.923 bits per heavy atom. The zero-order valence-electron chi connectivity index (χ0n) is 15.9. The van der Waals surface area contributed by atoms with E-state index in [1.165, 1.54) is 19.3 Å². The highest BCUT2D eigenvalue weighted by Crippen LogP contribution is 2.26. The van der Waals surface area contributed by atoms with Crippen LogP contribution in [0.5, 0.6) is 0 Å². The Morgan fingerprint density at radius 2 is 1.58 bits per heavy atom. The number of aryl methyl sites for hydroxylation is 2. The molecule has 0 saturated heterocycles. The van der Waals surface area contributed by atoms with Crippen molar-refractivity contribution in [1.29, 1.82) is 0 Å². The van der Waals surface area contributed by atoms with Crippen molar-refractivity contribution in [1.82, 2.24) is 9.97 Å². The molecule has 2 rings (SSSR count). The molecule has 26 heavy (non-hydrogen) atoms. The van der Waals surface area contributed by atoms with E-state index in [0.29, 0.717) is 11.4 Å². The van der Waals surface area contributed by atoms with Crippen molar-refractivity contribution < 1.29 is 4.92 Å². The van der Waals surface area contributed by atoms with Gasteiger partial charge in [-0.1, -0.05) is 58.1 Å². The van der Waals surface area contributed by atoms with Crippen LogP contribution in [0.15, 0.2) is 30.6 Å². The third kappa shape index (κ3) is 5.90. The van der Waals surface area contributed by atoms with Gasteiger partial charge in [-0.2, -0.15) is 0 Å². The molecule has 140 valence electrons. The standard InChI is InChI=1S/C21H29N3O2/c1-3-5-7-9-10-17-15-22-21(23-16-17)19-13-12-18(11-8-6-4-2)20(14-19)24(25)26/h12-16H,3-11H2,1-2H3. The molecule has 0 spiro atoms. The number of nitro groups is 1. The zero-order valence-corrected chi connectivity index (χ0v) is 15.9. The predicted octanol–water partition coefficient (Wildman–Crippen LogP) is 5.91. The highest BCUT2D eigenvalue weighted by Gasteiger charge is 2.16. The molecule has 0 amide bonds. The molecule has 0 fully saturated rings. The fraction of sp³-hybridized carbons (Fsp3) is 0.524. The van der Waals surface area contributed by atoms with Gasteiger partial charge in [0.2, 0.25) is 0 Å². The molecule has 2 aromatic rings. The van der Waals surface area contributed by atoms with Gasteiger partial charge >= 0.3 is 0 Å². The lowest BCUT2D eigenvalue weighted by molar-refractivity contribution is -0.385. The first kappa shape index (κ1) is 20.0. The summed E-state index contributed by atoms with van der Waals surface area (Å²) < 4.78 is 0. The van der Waals surface area contributed by atoms with Crippen molar-refractivity contribution in [2.24, 2.45) is 0 Å². The van der Waals surface area contributed by atoms with Crippen molar-refractivity contribution in [3.05, 3.63) is 51.8 Å². The van der Waals surface area contributed by atoms with Crippen molar-refractivity contribution in [3.8, 4) is 11.4 Å². The van der Waals surface area contributed by atoms with Crippen molar-refractivity contribution in [2.75, 3.05) is 0 Å². The van der Waals surface area contributed by atoms with E-state index >= 15 is 0 Å². The highest BCUT2D eigenvalue weighted by atomic mass is 16.6. The summed E-state index contributed by atoms with van der Waals surface area (Å²) in [6.07, 6.45) is 13.4. The highest BCUT2D eigenvalue weighted by molar-refractivity contribution is 5.61. The predicted molar refractivity (Wildman–Crippen MR) is 105 cm³/mol. The van der Waals surface area contributed by atoms with Crippen LogP contribution in [0.1, 0.15) is 69.9 Å². The molecular formula is C21H29N3O2. The van der Waals surface area contributed by atoms with Crippen LogP contribution >= 0.6 is 0 Å². The van der Waals surface area contributed by atoms with Crippen LogP contribution in [-0.2, 0) is 12.8 Å². The lowest BCUT2D eigenvalue weighted by Crippen LogP contribution is -1.98. The van der Waals surface area contributed by atoms with E-state index in [1.807, 2.05) is 24.5 Å². The van der Waals surface area contributed by atoms with Gasteiger partial charge in [0.05, 0.1) is 4.92 Å². The molecule has 0 aliphatic rings. The van der Waals surface area contributed by atoms with Crippen LogP contribution in [0, 0.1) is 10.1 Å². The molecule has 0 unspecified atom stereocenters. The average Bonchev–Trinajstić information content (AvgIpc) is 2.66. The van der Waals surface area contributed by atoms with Gasteiger partial charge in [0.15, 0.2) is 5.82 Å². The molecule has 0 bridgehead atoms. The number of hydrogen-bond donors (Lipinski definition) is 0. The number of rotatable bonds is 11. The van der Waals surface area contributed by atoms with E-state index in [1.54, 1.807) is 6.07 Å². The summed E-state index contributed by atoms with van der Waals surface area (Å²) >= 11 is 0. The number of nitro benzene ring substituents is 1. The summed E-state index contributed by atoms with van der Waals surface area (Å²) in [6.45, 7) is 4.33. The lowest BCUT2D eigenvalue weighted by Gasteiger charge is -2.06. The second-order valence-electron chi connectivity index (χ2n) is 6.78. The molecule has 0 atom stereocenters. The smallest absolute Gasteiger partial charge is 0.258 e. The van der Waals surface area contributed by atoms with E-state index in [2.05, 4.69) is 23.8 Å². The van der Waals surface area contributed by atoms with Gasteiger partial charge in [0, 0.05) is 29.6 Å². The van der Waals surface area contributed by atoms with Gasteiger partial charge < -0.3 is 0 Å². The first-order valence-corrected chi connectivity index (χ1v) is 9.74. The van der Waals surface area contributed by atoms with Gasteiger partial charge in [0.25, 0.3) is 5.69 Å². The van der Waals surface area contributed by atoms with E-state index < -0.39 is 0 Å². The second-order valence-corrected chi connectivity index (χ2v) is 6.78. The molecular weight excluding hydrogens is 326 g/mol. The summed E-state index contributed by atoms with van der Waals surface area (Å²) in [5, 5.41) is 11.4. The van der Waals surface area contributed by atoms with Crippen LogP contribution in [-0.4, -0.2) is 14.9 Å². The summed E-state index contributed by atoms with van der Waals surface area (Å²) in [6, 6.07) is 5.35. The Labute approximate surface area is 156 Å². The van der Waals surface area contributed by atoms with Crippen LogP contribution in [0.2, 0.25) is 0 Å². The summed E-state index contributed by atoms with van der Waals surface area (Å²) in [4.78, 5) is 20.0. The Kier molecular flexibility index (Phi) is 8.19. The largest absolute Gasteiger partial charge is 0.273 e. The van der Waals surface area contributed by atoms with E-state index in [0.717, 1.165) is 49.7 Å². The Morgan fingerprint density at radius 3 is 2.23 bits per heavy atom. The van der Waals surface area contributed by atoms with Gasteiger partial charge in [-0.25, -0.2) is 9.97 Å². The van der Waals surface area contributed by atoms with E-state index in [9.17, 15) is 10.1 Å². The average molecular weight is 355 g/mol. The Balaban J connectivity index is 2.10. The maximum absolute atomic E-state index is 11.4. The Bertz CT molecular complexity index is 699. The monoisotopic (exact) mass is 355 g/mol. The van der Waals surface area contributed by atoms with Gasteiger partial charge in [-0.3, -0.25) is 10.1 Å². The number of nitrogens with zero attached hydrogens (tertiary/aromatic N) is 3. The summed E-state index contributed by atoms with van der Waals surface area (Å²) in [7, 11) is 0. The van der Waals surface area contributed by atoms with Gasteiger partial charge in [-0.05, 0) is 31.2 Å². The van der Waals surface area contributed by atoms with Crippen LogP contribution in [0.4, 0.5) is 5.69 Å². The van der Waals surface area contributed by atoms with Crippen molar-refractivity contribution in [2.45, 2.75) is 71.6 Å². The molecule has 0 saturated carbocycles. The third-order valence-electron chi connectivity index (χ3n) is 4.61. The normalized spacial score (nSPS) is 10.8. The lowest BCUT2D eigenvalue weighted by atomic mass is 10.0. The molecule has 0 aliphatic carbocycles. The third-order valence-corrected chi connectivity index (χ3v) is 4.61. The molecule has 5 heteroatoms. The molecule has 1 heterocycles. The molecule has 0 N–H and O–H groups in total. The van der Waals surface area contributed by atoms with Crippen molar-refractivity contribution in [3.63, 3.8) is 0 Å². The van der Waals surface area contributed by atoms with Crippen LogP contribution in [0.3, 0.4) is 0 Å². The minimum atomic E-state index is -0.299. The maximum atomic E-state index is 11.4. The first-order chi connectivity index (χ1) is 12.7. The van der Waals surface area contributed by atoms with Crippen LogP contribution < -0.4 is 0 Å². The summed E-state index contributed by atoms with van der Waals surface area (Å²) in [5.74, 6) is 0.547. The van der Waals surface area contributed by atoms with Gasteiger partial charge in [0.1, 0.15) is 0 Å². The SMILES string of the molecule is CCCCCCc1cnc(-c2ccc(CCCCC)c([N+](=O)[O-])c2)nc1. The molecule has 0 aliphatic heterocycles. The molecule has 0 radical (unpaired) electrons. The van der Waals surface area contributed by atoms with Crippen LogP contribution in [0.25, 0.3) is 11.4 Å². The van der Waals surface area contributed by atoms with Crippen molar-refractivity contribution >= 4 is 5.69 Å². The fourth-order valence-electron chi connectivity index (χ4n) is 3.04. The van der Waals surface area contributed by atoms with E-state index in [4.69, 9.17) is 0 Å².